The summed E-state index contributed by atoms with van der Waals surface area (Å²) in [5.41, 5.74) is -0.150. The van der Waals surface area contributed by atoms with E-state index in [0.717, 1.165) is 0 Å². The van der Waals surface area contributed by atoms with Gasteiger partial charge in [-0.05, 0) is 9.91 Å². The number of nitrogens with zero attached hydrogens (tertiary/aromatic N) is 3. The summed E-state index contributed by atoms with van der Waals surface area (Å²) >= 11 is 0. The van der Waals surface area contributed by atoms with Crippen molar-refractivity contribution >= 4 is 17.7 Å². The molecule has 0 unspecified atom stereocenters. The predicted octanol–water partition coefficient (Wildman–Crippen LogP) is -0.379. The normalized spacial score (nSPS) is 9.89. The molecule has 0 atom stereocenters. The molecule has 1 amide bonds. The van der Waals surface area contributed by atoms with Crippen LogP contribution in [0, 0.1) is 10.1 Å². The summed E-state index contributed by atoms with van der Waals surface area (Å²) in [5, 5.41) is 13.0. The Bertz CT molecular complexity index is 481. The minimum absolute atomic E-state index is 0.00667. The van der Waals surface area contributed by atoms with Crippen molar-refractivity contribution in [2.24, 2.45) is 7.05 Å². The summed E-state index contributed by atoms with van der Waals surface area (Å²) in [7, 11) is 1.47. The molecular formula is C9H12N4O5. The van der Waals surface area contributed by atoms with Gasteiger partial charge in [0.1, 0.15) is 6.61 Å². The molecule has 1 heterocycles. The van der Waals surface area contributed by atoms with E-state index in [9.17, 15) is 19.7 Å². The Morgan fingerprint density at radius 1 is 1.61 bits per heavy atom. The van der Waals surface area contributed by atoms with Gasteiger partial charge >= 0.3 is 11.8 Å². The number of nitrogens with one attached hydrogen (secondary N) is 1. The molecule has 1 N–H and O–H groups in total. The minimum Gasteiger partial charge on any atom is -0.464 e. The van der Waals surface area contributed by atoms with Crippen LogP contribution in [0.1, 0.15) is 17.4 Å². The smallest absolute Gasteiger partial charge is 0.394 e. The Balaban J connectivity index is 2.64. The van der Waals surface area contributed by atoms with E-state index in [2.05, 4.69) is 15.0 Å². The van der Waals surface area contributed by atoms with Crippen LogP contribution in [0.25, 0.3) is 0 Å². The highest BCUT2D eigenvalue weighted by Crippen LogP contribution is 2.14. The molecular weight excluding hydrogens is 244 g/mol. The van der Waals surface area contributed by atoms with Crippen LogP contribution >= 0.6 is 0 Å². The highest BCUT2D eigenvalue weighted by atomic mass is 16.6. The number of amides is 1. The van der Waals surface area contributed by atoms with Gasteiger partial charge in [0.2, 0.25) is 12.0 Å². The summed E-state index contributed by atoms with van der Waals surface area (Å²) in [6.45, 7) is 1.32. The molecule has 0 aliphatic heterocycles. The zero-order chi connectivity index (χ0) is 13.7. The first-order valence-electron chi connectivity index (χ1n) is 5.00. The van der Waals surface area contributed by atoms with Gasteiger partial charge in [0.15, 0.2) is 0 Å². The van der Waals surface area contributed by atoms with Crippen LogP contribution in [0.4, 0.5) is 5.82 Å². The fourth-order valence-electron chi connectivity index (χ4n) is 1.26. The van der Waals surface area contributed by atoms with Gasteiger partial charge in [-0.3, -0.25) is 9.59 Å². The lowest BCUT2D eigenvalue weighted by Crippen LogP contribution is -2.29. The van der Waals surface area contributed by atoms with E-state index in [1.54, 1.807) is 0 Å². The van der Waals surface area contributed by atoms with Gasteiger partial charge in [-0.2, -0.15) is 0 Å². The molecule has 98 valence electrons. The topological polar surface area (TPSA) is 116 Å². The Morgan fingerprint density at radius 3 is 2.83 bits per heavy atom. The van der Waals surface area contributed by atoms with Crippen molar-refractivity contribution in [1.29, 1.82) is 0 Å². The summed E-state index contributed by atoms with van der Waals surface area (Å²) in [6.07, 6.45) is 1.18. The van der Waals surface area contributed by atoms with Crippen LogP contribution in [0.2, 0.25) is 0 Å². The van der Waals surface area contributed by atoms with E-state index in [4.69, 9.17) is 0 Å². The highest BCUT2D eigenvalue weighted by molar-refractivity contribution is 5.95. The monoisotopic (exact) mass is 256 g/mol. The van der Waals surface area contributed by atoms with Crippen molar-refractivity contribution in [3.63, 3.8) is 0 Å². The number of ether oxygens (including phenoxy) is 1. The maximum absolute atomic E-state index is 11.7. The summed E-state index contributed by atoms with van der Waals surface area (Å²) in [5.74, 6) is -1.62. The average Bonchev–Trinajstić information content (AvgIpc) is 2.66. The number of aryl methyl sites for hydroxylation is 1. The van der Waals surface area contributed by atoms with E-state index in [0.29, 0.717) is 0 Å². The second kappa shape index (κ2) is 5.75. The van der Waals surface area contributed by atoms with Gasteiger partial charge in [-0.15, -0.1) is 0 Å². The molecule has 0 bridgehead atoms. The molecule has 18 heavy (non-hydrogen) atoms. The van der Waals surface area contributed by atoms with Crippen molar-refractivity contribution in [3.8, 4) is 0 Å². The maximum Gasteiger partial charge on any atom is 0.394 e. The van der Waals surface area contributed by atoms with Crippen LogP contribution in [-0.2, 0) is 16.6 Å². The maximum atomic E-state index is 11.7. The van der Waals surface area contributed by atoms with Gasteiger partial charge in [0.25, 0.3) is 5.91 Å². The van der Waals surface area contributed by atoms with E-state index in [1.165, 1.54) is 24.9 Å². The van der Waals surface area contributed by atoms with Crippen LogP contribution < -0.4 is 5.32 Å². The standard InChI is InChI=1S/C9H12N4O5/c1-6(14)18-4-3-10-9(15)7-8(13(16)17)11-5-12(7)2/h5H,3-4H2,1-2H3,(H,10,15). The number of imidazole rings is 1. The number of hydrogen-bond acceptors (Lipinski definition) is 6. The Morgan fingerprint density at radius 2 is 2.28 bits per heavy atom. The van der Waals surface area contributed by atoms with Crippen LogP contribution in [-0.4, -0.2) is 39.5 Å². The molecule has 1 rings (SSSR count). The molecule has 1 aromatic rings. The van der Waals surface area contributed by atoms with Gasteiger partial charge in [0.05, 0.1) is 6.54 Å². The molecule has 0 aliphatic rings. The van der Waals surface area contributed by atoms with E-state index < -0.39 is 22.6 Å². The molecule has 9 heteroatoms. The SMILES string of the molecule is CC(=O)OCCNC(=O)c1c([N+](=O)[O-])ncn1C. The van der Waals surface area contributed by atoms with Crippen molar-refractivity contribution in [3.05, 3.63) is 22.1 Å². The number of carbonyl (C=O) groups excluding carboxylic acids is 2. The first-order chi connectivity index (χ1) is 8.43. The van der Waals surface area contributed by atoms with Gasteiger partial charge in [-0.1, -0.05) is 0 Å². The van der Waals surface area contributed by atoms with Crippen molar-refractivity contribution < 1.29 is 19.2 Å². The van der Waals surface area contributed by atoms with Crippen molar-refractivity contribution in [2.45, 2.75) is 6.92 Å². The third-order valence-corrected chi connectivity index (χ3v) is 2.00. The second-order valence-corrected chi connectivity index (χ2v) is 3.38. The van der Waals surface area contributed by atoms with Gasteiger partial charge in [-0.25, -0.2) is 0 Å². The van der Waals surface area contributed by atoms with Crippen LogP contribution in [0.3, 0.4) is 0 Å². The fraction of sp³-hybridized carbons (Fsp3) is 0.444. The number of carbonyl (C=O) groups is 2. The Kier molecular flexibility index (Phi) is 4.35. The van der Waals surface area contributed by atoms with Gasteiger partial charge in [0, 0.05) is 14.0 Å². The van der Waals surface area contributed by atoms with E-state index >= 15 is 0 Å². The first kappa shape index (κ1) is 13.6. The minimum atomic E-state index is -0.735. The lowest BCUT2D eigenvalue weighted by molar-refractivity contribution is -0.389. The zero-order valence-corrected chi connectivity index (χ0v) is 9.87. The molecule has 1 aromatic heterocycles. The summed E-state index contributed by atoms with van der Waals surface area (Å²) in [4.78, 5) is 35.6. The highest BCUT2D eigenvalue weighted by Gasteiger charge is 2.25. The summed E-state index contributed by atoms with van der Waals surface area (Å²) < 4.78 is 5.86. The Labute approximate surface area is 102 Å². The van der Waals surface area contributed by atoms with Crippen LogP contribution in [0.5, 0.6) is 0 Å². The van der Waals surface area contributed by atoms with E-state index in [1.807, 2.05) is 0 Å². The van der Waals surface area contributed by atoms with Crippen molar-refractivity contribution in [2.75, 3.05) is 13.2 Å². The number of aromatic nitrogens is 2. The molecule has 0 spiro atoms. The van der Waals surface area contributed by atoms with E-state index in [-0.39, 0.29) is 18.8 Å². The zero-order valence-electron chi connectivity index (χ0n) is 9.87. The molecule has 0 saturated carbocycles. The predicted molar refractivity (Wildman–Crippen MR) is 58.8 cm³/mol. The number of esters is 1. The number of hydrogen-bond donors (Lipinski definition) is 1. The lowest BCUT2D eigenvalue weighted by Gasteiger charge is -2.05. The largest absolute Gasteiger partial charge is 0.464 e. The third kappa shape index (κ3) is 3.27. The average molecular weight is 256 g/mol. The fourth-order valence-corrected chi connectivity index (χ4v) is 1.26. The molecule has 9 nitrogen and oxygen atoms in total. The van der Waals surface area contributed by atoms with Crippen molar-refractivity contribution in [1.82, 2.24) is 14.9 Å². The van der Waals surface area contributed by atoms with Crippen LogP contribution in [0.15, 0.2) is 6.33 Å². The number of rotatable bonds is 5. The Hall–Kier alpha value is -2.45. The van der Waals surface area contributed by atoms with Gasteiger partial charge < -0.3 is 24.7 Å². The number of nitro groups is 1. The molecule has 0 aliphatic carbocycles. The second-order valence-electron chi connectivity index (χ2n) is 3.38. The first-order valence-corrected chi connectivity index (χ1v) is 5.00. The summed E-state index contributed by atoms with van der Waals surface area (Å²) in [6, 6.07) is 0. The lowest BCUT2D eigenvalue weighted by atomic mass is 10.4. The third-order valence-electron chi connectivity index (χ3n) is 2.00. The molecule has 0 aromatic carbocycles. The molecule has 0 fully saturated rings. The molecule has 0 radical (unpaired) electrons. The quantitative estimate of drug-likeness (QED) is 0.332. The molecule has 0 saturated heterocycles.